The second-order valence-corrected chi connectivity index (χ2v) is 2.81. The molecule has 0 aliphatic carbocycles. The summed E-state index contributed by atoms with van der Waals surface area (Å²) < 4.78 is 15.2. The van der Waals surface area contributed by atoms with Crippen LogP contribution in [0.3, 0.4) is 0 Å². The highest BCUT2D eigenvalue weighted by atomic mass is 16.6. The minimum Gasteiger partial charge on any atom is -0.376 e. The maximum Gasteiger partial charge on any atom is 0.192 e. The van der Waals surface area contributed by atoms with E-state index >= 15 is 0 Å². The summed E-state index contributed by atoms with van der Waals surface area (Å²) >= 11 is 0. The molecule has 4 nitrogen and oxygen atoms in total. The molecule has 1 aliphatic rings. The van der Waals surface area contributed by atoms with Crippen molar-refractivity contribution in [3.8, 4) is 0 Å². The summed E-state index contributed by atoms with van der Waals surface area (Å²) in [6.45, 7) is 2.14. The van der Waals surface area contributed by atoms with E-state index < -0.39 is 6.10 Å². The van der Waals surface area contributed by atoms with E-state index in [2.05, 4.69) is 0 Å². The molecule has 1 fully saturated rings. The van der Waals surface area contributed by atoms with Crippen LogP contribution in [-0.4, -0.2) is 44.9 Å². The first kappa shape index (κ1) is 9.64. The predicted molar refractivity (Wildman–Crippen MR) is 42.0 cm³/mol. The van der Waals surface area contributed by atoms with Crippen molar-refractivity contribution < 1.29 is 19.0 Å². The van der Waals surface area contributed by atoms with Crippen LogP contribution in [0, 0.1) is 0 Å². The average molecular weight is 174 g/mol. The zero-order valence-corrected chi connectivity index (χ0v) is 7.57. The molecule has 12 heavy (non-hydrogen) atoms. The summed E-state index contributed by atoms with van der Waals surface area (Å²) in [6, 6.07) is 0. The van der Waals surface area contributed by atoms with Crippen molar-refractivity contribution >= 4 is 5.78 Å². The molecule has 0 aromatic carbocycles. The third-order valence-corrected chi connectivity index (χ3v) is 2.09. The smallest absolute Gasteiger partial charge is 0.192 e. The van der Waals surface area contributed by atoms with Crippen LogP contribution < -0.4 is 0 Å². The highest BCUT2D eigenvalue weighted by Gasteiger charge is 2.37. The fourth-order valence-electron chi connectivity index (χ4n) is 1.28. The third kappa shape index (κ3) is 1.65. The van der Waals surface area contributed by atoms with Gasteiger partial charge in [-0.3, -0.25) is 4.79 Å². The van der Waals surface area contributed by atoms with E-state index in [1.165, 1.54) is 7.11 Å². The first-order valence-electron chi connectivity index (χ1n) is 3.91. The third-order valence-electron chi connectivity index (χ3n) is 2.09. The number of ketones is 1. The lowest BCUT2D eigenvalue weighted by atomic mass is 10.0. The van der Waals surface area contributed by atoms with Gasteiger partial charge in [0.05, 0.1) is 6.61 Å². The molecule has 0 amide bonds. The summed E-state index contributed by atoms with van der Waals surface area (Å²) in [6.07, 6.45) is -1.11. The summed E-state index contributed by atoms with van der Waals surface area (Å²) in [7, 11) is 3.05. The summed E-state index contributed by atoms with van der Waals surface area (Å²) in [4.78, 5) is 11.4. The Hall–Kier alpha value is -0.450. The zero-order valence-electron chi connectivity index (χ0n) is 7.57. The molecular formula is C8H14O4. The van der Waals surface area contributed by atoms with Crippen LogP contribution in [0.5, 0.6) is 0 Å². The summed E-state index contributed by atoms with van der Waals surface area (Å²) in [5, 5.41) is 0. The fourth-order valence-corrected chi connectivity index (χ4v) is 1.28. The van der Waals surface area contributed by atoms with Crippen LogP contribution in [-0.2, 0) is 19.0 Å². The quantitative estimate of drug-likeness (QED) is 0.591. The highest BCUT2D eigenvalue weighted by Crippen LogP contribution is 2.15. The van der Waals surface area contributed by atoms with E-state index in [0.717, 1.165) is 0 Å². The number of carbonyl (C=O) groups is 1. The van der Waals surface area contributed by atoms with Crippen LogP contribution in [0.4, 0.5) is 0 Å². The van der Waals surface area contributed by atoms with Gasteiger partial charge in [0.1, 0.15) is 18.3 Å². The van der Waals surface area contributed by atoms with Gasteiger partial charge in [0.15, 0.2) is 5.78 Å². The molecule has 0 bridgehead atoms. The average Bonchev–Trinajstić information content (AvgIpc) is 2.09. The highest BCUT2D eigenvalue weighted by molar-refractivity contribution is 5.88. The van der Waals surface area contributed by atoms with Crippen molar-refractivity contribution in [2.75, 3.05) is 20.8 Å². The van der Waals surface area contributed by atoms with Gasteiger partial charge in [-0.15, -0.1) is 0 Å². The van der Waals surface area contributed by atoms with E-state index in [9.17, 15) is 4.79 Å². The number of rotatable bonds is 2. The molecule has 1 aliphatic heterocycles. The van der Waals surface area contributed by atoms with Crippen molar-refractivity contribution in [2.24, 2.45) is 0 Å². The van der Waals surface area contributed by atoms with Gasteiger partial charge in [-0.1, -0.05) is 0 Å². The van der Waals surface area contributed by atoms with Gasteiger partial charge in [-0.2, -0.15) is 0 Å². The standard InChI is InChI=1S/C8H14O4/c1-5-7(9)8(11-3)6(10-2)4-12-5/h5-6,8H,4H2,1-3H3. The number of hydrogen-bond acceptors (Lipinski definition) is 4. The molecule has 3 atom stereocenters. The Bertz CT molecular complexity index is 168. The van der Waals surface area contributed by atoms with Crippen molar-refractivity contribution in [3.63, 3.8) is 0 Å². The van der Waals surface area contributed by atoms with Gasteiger partial charge in [-0.25, -0.2) is 0 Å². The van der Waals surface area contributed by atoms with E-state index in [1.54, 1.807) is 14.0 Å². The minimum atomic E-state index is -0.473. The van der Waals surface area contributed by atoms with E-state index in [1.807, 2.05) is 0 Å². The second-order valence-electron chi connectivity index (χ2n) is 2.81. The maximum absolute atomic E-state index is 11.4. The number of methoxy groups -OCH3 is 2. The summed E-state index contributed by atoms with van der Waals surface area (Å²) in [5.74, 6) is -0.0457. The van der Waals surface area contributed by atoms with Gasteiger partial charge >= 0.3 is 0 Å². The van der Waals surface area contributed by atoms with Crippen LogP contribution in [0.1, 0.15) is 6.92 Å². The first-order valence-corrected chi connectivity index (χ1v) is 3.91. The molecule has 0 N–H and O–H groups in total. The molecule has 3 unspecified atom stereocenters. The molecule has 1 rings (SSSR count). The van der Waals surface area contributed by atoms with E-state index in [4.69, 9.17) is 14.2 Å². The largest absolute Gasteiger partial charge is 0.376 e. The first-order chi connectivity index (χ1) is 5.70. The summed E-state index contributed by atoms with van der Waals surface area (Å²) in [5.41, 5.74) is 0. The monoisotopic (exact) mass is 174 g/mol. The number of ether oxygens (including phenoxy) is 3. The fraction of sp³-hybridized carbons (Fsp3) is 0.875. The van der Waals surface area contributed by atoms with Crippen LogP contribution in [0.2, 0.25) is 0 Å². The lowest BCUT2D eigenvalue weighted by molar-refractivity contribution is -0.169. The Morgan fingerprint density at radius 2 is 2.08 bits per heavy atom. The molecule has 1 saturated heterocycles. The van der Waals surface area contributed by atoms with E-state index in [-0.39, 0.29) is 18.0 Å². The van der Waals surface area contributed by atoms with Gasteiger partial charge in [-0.05, 0) is 6.92 Å². The lowest BCUT2D eigenvalue weighted by Gasteiger charge is -2.31. The minimum absolute atomic E-state index is 0.0457. The van der Waals surface area contributed by atoms with Crippen molar-refractivity contribution in [1.29, 1.82) is 0 Å². The Kier molecular flexibility index (Phi) is 3.20. The van der Waals surface area contributed by atoms with Crippen LogP contribution in [0.25, 0.3) is 0 Å². The number of hydrogen-bond donors (Lipinski definition) is 0. The number of Topliss-reactive ketones (excluding diaryl/α,β-unsaturated/α-hetero) is 1. The van der Waals surface area contributed by atoms with Crippen LogP contribution in [0.15, 0.2) is 0 Å². The molecular weight excluding hydrogens is 160 g/mol. The molecule has 70 valence electrons. The Morgan fingerprint density at radius 3 is 2.58 bits per heavy atom. The Morgan fingerprint density at radius 1 is 1.42 bits per heavy atom. The molecule has 0 spiro atoms. The van der Waals surface area contributed by atoms with Gasteiger partial charge in [0.2, 0.25) is 0 Å². The second kappa shape index (κ2) is 3.98. The topological polar surface area (TPSA) is 44.8 Å². The molecule has 0 radical (unpaired) electrons. The molecule has 0 saturated carbocycles. The van der Waals surface area contributed by atoms with E-state index in [0.29, 0.717) is 6.61 Å². The van der Waals surface area contributed by atoms with Gasteiger partial charge in [0.25, 0.3) is 0 Å². The van der Waals surface area contributed by atoms with Gasteiger partial charge < -0.3 is 14.2 Å². The maximum atomic E-state index is 11.4. The Labute approximate surface area is 71.8 Å². The molecule has 0 aromatic heterocycles. The van der Waals surface area contributed by atoms with Crippen molar-refractivity contribution in [2.45, 2.75) is 25.2 Å². The normalized spacial score (nSPS) is 36.9. The van der Waals surface area contributed by atoms with Crippen molar-refractivity contribution in [3.05, 3.63) is 0 Å². The van der Waals surface area contributed by atoms with Crippen LogP contribution >= 0.6 is 0 Å². The van der Waals surface area contributed by atoms with Gasteiger partial charge in [0, 0.05) is 14.2 Å². The molecule has 0 aromatic rings. The SMILES string of the molecule is COC1COC(C)C(=O)C1OC. The zero-order chi connectivity index (χ0) is 9.14. The number of carbonyl (C=O) groups excluding carboxylic acids is 1. The van der Waals surface area contributed by atoms with Crippen molar-refractivity contribution in [1.82, 2.24) is 0 Å². The lowest BCUT2D eigenvalue weighted by Crippen LogP contribution is -2.50. The predicted octanol–water partition coefficient (Wildman–Crippen LogP) is 0.00420. The Balaban J connectivity index is 2.65. The molecule has 1 heterocycles. The molecule has 4 heteroatoms.